The number of fused-ring (bicyclic) bond motifs is 5. The molecule has 9 heteroatoms. The molecule has 1 unspecified atom stereocenters. The number of aromatic nitrogens is 2. The SMILES string of the molecule is CC[C@]1(O)c2cc3n(c(=O)c2COC1O)Cc1c-3nc2cc(F)c(C)c3c2c1[C@@H](NI)CC3. The van der Waals surface area contributed by atoms with Crippen molar-refractivity contribution in [1.29, 1.82) is 0 Å². The molecule has 0 saturated heterocycles. The van der Waals surface area contributed by atoms with Crippen LogP contribution in [0.1, 0.15) is 59.2 Å². The Labute approximate surface area is 203 Å². The molecule has 2 aliphatic heterocycles. The largest absolute Gasteiger partial charge is 0.380 e. The summed E-state index contributed by atoms with van der Waals surface area (Å²) < 4.78 is 25.1. The summed E-state index contributed by atoms with van der Waals surface area (Å²) in [6.07, 6.45) is 0.343. The highest BCUT2D eigenvalue weighted by atomic mass is 127. The van der Waals surface area contributed by atoms with Gasteiger partial charge < -0.3 is 19.5 Å². The van der Waals surface area contributed by atoms with Gasteiger partial charge in [-0.2, -0.15) is 0 Å². The second-order valence-electron chi connectivity index (χ2n) is 9.16. The number of aliphatic hydroxyl groups is 2. The van der Waals surface area contributed by atoms with Crippen LogP contribution in [0.2, 0.25) is 0 Å². The Hall–Kier alpha value is -1.92. The van der Waals surface area contributed by atoms with Gasteiger partial charge in [-0.25, -0.2) is 9.37 Å². The Morgan fingerprint density at radius 1 is 1.36 bits per heavy atom. The molecule has 2 aromatic heterocycles. The fourth-order valence-corrected chi connectivity index (χ4v) is 6.40. The molecule has 6 rings (SSSR count). The highest BCUT2D eigenvalue weighted by Crippen LogP contribution is 2.46. The predicted octanol–water partition coefficient (Wildman–Crippen LogP) is 3.25. The second-order valence-corrected chi connectivity index (χ2v) is 9.79. The molecule has 33 heavy (non-hydrogen) atoms. The predicted molar refractivity (Wildman–Crippen MR) is 128 cm³/mol. The van der Waals surface area contributed by atoms with Crippen LogP contribution in [0.4, 0.5) is 4.39 Å². The van der Waals surface area contributed by atoms with E-state index < -0.39 is 11.9 Å². The number of nitrogens with zero attached hydrogens (tertiary/aromatic N) is 2. The van der Waals surface area contributed by atoms with E-state index >= 15 is 0 Å². The van der Waals surface area contributed by atoms with E-state index in [2.05, 4.69) is 26.4 Å². The Kier molecular flexibility index (Phi) is 4.77. The third kappa shape index (κ3) is 2.74. The Morgan fingerprint density at radius 2 is 2.15 bits per heavy atom. The molecule has 4 heterocycles. The number of hydrogen-bond acceptors (Lipinski definition) is 6. The second kappa shape index (κ2) is 7.29. The van der Waals surface area contributed by atoms with E-state index in [4.69, 9.17) is 9.72 Å². The Morgan fingerprint density at radius 3 is 2.88 bits per heavy atom. The smallest absolute Gasteiger partial charge is 0.257 e. The van der Waals surface area contributed by atoms with Gasteiger partial charge in [-0.3, -0.25) is 8.32 Å². The van der Waals surface area contributed by atoms with Crippen molar-refractivity contribution in [2.75, 3.05) is 0 Å². The maximum Gasteiger partial charge on any atom is 0.257 e. The van der Waals surface area contributed by atoms with Crippen molar-refractivity contribution >= 4 is 33.8 Å². The van der Waals surface area contributed by atoms with Crippen molar-refractivity contribution in [1.82, 2.24) is 13.1 Å². The normalized spacial score (nSPS) is 25.2. The average Bonchev–Trinajstić information content (AvgIpc) is 3.18. The number of hydrogen-bond donors (Lipinski definition) is 3. The Balaban J connectivity index is 1.69. The van der Waals surface area contributed by atoms with E-state index in [1.54, 1.807) is 17.6 Å². The number of aliphatic hydroxyl groups excluding tert-OH is 1. The van der Waals surface area contributed by atoms with E-state index in [1.165, 1.54) is 6.07 Å². The molecule has 0 saturated carbocycles. The average molecular weight is 563 g/mol. The Bertz CT molecular complexity index is 1420. The van der Waals surface area contributed by atoms with Crippen LogP contribution in [0.5, 0.6) is 0 Å². The summed E-state index contributed by atoms with van der Waals surface area (Å²) in [4.78, 5) is 18.4. The number of nitrogens with one attached hydrogen (secondary N) is 1. The lowest BCUT2D eigenvalue weighted by Crippen LogP contribution is -2.47. The first-order valence-electron chi connectivity index (χ1n) is 11.1. The summed E-state index contributed by atoms with van der Waals surface area (Å²) in [5, 5.41) is 22.5. The molecule has 3 aliphatic rings. The molecule has 7 nitrogen and oxygen atoms in total. The van der Waals surface area contributed by atoms with Crippen LogP contribution in [0.15, 0.2) is 16.9 Å². The van der Waals surface area contributed by atoms with Gasteiger partial charge in [-0.05, 0) is 48.9 Å². The molecule has 0 radical (unpaired) electrons. The fraction of sp³-hybridized carbons (Fsp3) is 0.417. The van der Waals surface area contributed by atoms with Crippen molar-refractivity contribution < 1.29 is 19.3 Å². The first-order chi connectivity index (χ1) is 15.8. The third-order valence-corrected chi connectivity index (χ3v) is 8.42. The fourth-order valence-electron chi connectivity index (χ4n) is 5.78. The van der Waals surface area contributed by atoms with Gasteiger partial charge in [0.1, 0.15) is 11.4 Å². The minimum absolute atomic E-state index is 0.0552. The molecule has 1 aliphatic carbocycles. The van der Waals surface area contributed by atoms with E-state index in [-0.39, 0.29) is 30.4 Å². The molecule has 3 atom stereocenters. The summed E-state index contributed by atoms with van der Waals surface area (Å²) >= 11 is 2.15. The summed E-state index contributed by atoms with van der Waals surface area (Å²) in [6, 6.07) is 3.29. The molecular formula is C24H23FIN3O4. The third-order valence-electron chi connectivity index (χ3n) is 7.67. The number of ether oxygens (including phenoxy) is 1. The van der Waals surface area contributed by atoms with Crippen molar-refractivity contribution in [2.45, 2.75) is 64.2 Å². The van der Waals surface area contributed by atoms with Crippen LogP contribution in [-0.2, 0) is 29.9 Å². The summed E-state index contributed by atoms with van der Waals surface area (Å²) in [7, 11) is 0. The molecule has 0 fully saturated rings. The van der Waals surface area contributed by atoms with Crippen LogP contribution < -0.4 is 9.09 Å². The highest BCUT2D eigenvalue weighted by Gasteiger charge is 2.45. The van der Waals surface area contributed by atoms with Gasteiger partial charge in [0.15, 0.2) is 6.29 Å². The molecule has 1 aromatic carbocycles. The monoisotopic (exact) mass is 563 g/mol. The van der Waals surface area contributed by atoms with Crippen LogP contribution >= 0.6 is 22.9 Å². The van der Waals surface area contributed by atoms with Crippen LogP contribution in [-0.4, -0.2) is 26.1 Å². The molecule has 0 amide bonds. The highest BCUT2D eigenvalue weighted by molar-refractivity contribution is 14.1. The summed E-state index contributed by atoms with van der Waals surface area (Å²) in [5.41, 5.74) is 4.22. The van der Waals surface area contributed by atoms with E-state index in [0.717, 1.165) is 34.9 Å². The molecule has 0 spiro atoms. The molecule has 3 N–H and O–H groups in total. The van der Waals surface area contributed by atoms with Gasteiger partial charge in [-0.15, -0.1) is 0 Å². The number of rotatable bonds is 2. The van der Waals surface area contributed by atoms with Crippen LogP contribution in [0, 0.1) is 12.7 Å². The maximum absolute atomic E-state index is 14.8. The summed E-state index contributed by atoms with van der Waals surface area (Å²) in [5.74, 6) is -0.279. The zero-order chi connectivity index (χ0) is 23.2. The lowest BCUT2D eigenvalue weighted by Gasteiger charge is -2.37. The first kappa shape index (κ1) is 21.6. The zero-order valence-electron chi connectivity index (χ0n) is 18.2. The molecule has 172 valence electrons. The number of pyridine rings is 2. The van der Waals surface area contributed by atoms with E-state index in [0.29, 0.717) is 40.1 Å². The number of benzene rings is 1. The van der Waals surface area contributed by atoms with Crippen molar-refractivity contribution in [3.05, 3.63) is 61.7 Å². The maximum atomic E-state index is 14.8. The van der Waals surface area contributed by atoms with E-state index in [1.807, 2.05) is 6.92 Å². The van der Waals surface area contributed by atoms with Gasteiger partial charge in [0.2, 0.25) is 0 Å². The quantitative estimate of drug-likeness (QED) is 0.256. The molecule has 0 bridgehead atoms. The molecule has 3 aromatic rings. The number of aryl methyl sites for hydroxylation is 1. The van der Waals surface area contributed by atoms with Crippen molar-refractivity contribution in [3.8, 4) is 11.4 Å². The van der Waals surface area contributed by atoms with Crippen LogP contribution in [0.25, 0.3) is 22.3 Å². The van der Waals surface area contributed by atoms with E-state index in [9.17, 15) is 19.4 Å². The van der Waals surface area contributed by atoms with Crippen LogP contribution in [0.3, 0.4) is 0 Å². The first-order valence-corrected chi connectivity index (χ1v) is 12.2. The van der Waals surface area contributed by atoms with Gasteiger partial charge in [0.05, 0.1) is 30.1 Å². The van der Waals surface area contributed by atoms with Gasteiger partial charge >= 0.3 is 0 Å². The zero-order valence-corrected chi connectivity index (χ0v) is 20.4. The van der Waals surface area contributed by atoms with Gasteiger partial charge in [0, 0.05) is 57.0 Å². The lowest BCUT2D eigenvalue weighted by molar-refractivity contribution is -0.236. The molecular weight excluding hydrogens is 540 g/mol. The topological polar surface area (TPSA) is 96.6 Å². The number of halogens is 2. The van der Waals surface area contributed by atoms with Gasteiger partial charge in [-0.1, -0.05) is 6.92 Å². The van der Waals surface area contributed by atoms with Crippen molar-refractivity contribution in [3.63, 3.8) is 0 Å². The standard InChI is InChI=1S/C24H23FIN3O4/c1-3-24(32)14-6-18-21-12(8-29(18)22(30)13(14)9-33-23(24)31)20-16(28-26)5-4-11-10(2)15(25)7-17(27-21)19(11)20/h6-7,16,23,28,31-32H,3-5,8-9H2,1-2H3/t16-,23?,24-/m0/s1. The lowest BCUT2D eigenvalue weighted by atomic mass is 9.82. The minimum atomic E-state index is -1.68. The van der Waals surface area contributed by atoms with Crippen molar-refractivity contribution in [2.24, 2.45) is 0 Å². The summed E-state index contributed by atoms with van der Waals surface area (Å²) in [6.45, 7) is 3.83. The van der Waals surface area contributed by atoms with Gasteiger partial charge in [0.25, 0.3) is 5.56 Å². The minimum Gasteiger partial charge on any atom is -0.380 e.